The van der Waals surface area contributed by atoms with Crippen molar-refractivity contribution >= 4 is 0 Å². The molecule has 174 valence electrons. The van der Waals surface area contributed by atoms with Gasteiger partial charge in [-0.15, -0.1) is 0 Å². The second-order valence-electron chi connectivity index (χ2n) is 8.42. The molecular formula is C27H26F4O2. The largest absolute Gasteiger partial charge is 0.433 e. The Kier molecular flexibility index (Phi) is 6.75. The normalized spacial score (nSPS) is 15.5. The molecule has 0 aliphatic carbocycles. The van der Waals surface area contributed by atoms with E-state index in [1.807, 2.05) is 12.1 Å². The molecule has 0 N–H and O–H groups in total. The van der Waals surface area contributed by atoms with Gasteiger partial charge >= 0.3 is 6.11 Å². The van der Waals surface area contributed by atoms with E-state index in [2.05, 4.69) is 19.1 Å². The fourth-order valence-corrected chi connectivity index (χ4v) is 3.95. The minimum atomic E-state index is -3.53. The lowest BCUT2D eigenvalue weighted by Crippen LogP contribution is -2.25. The molecular weight excluding hydrogens is 432 g/mol. The Bertz CT molecular complexity index is 1100. The number of halogens is 4. The van der Waals surface area contributed by atoms with Crippen LogP contribution in [-0.2, 0) is 17.6 Å². The summed E-state index contributed by atoms with van der Waals surface area (Å²) in [4.78, 5) is 0. The quantitative estimate of drug-likeness (QED) is 0.244. The molecule has 4 rings (SSSR count). The summed E-state index contributed by atoms with van der Waals surface area (Å²) in [5.74, 6) is -2.11. The van der Waals surface area contributed by atoms with E-state index in [-0.39, 0.29) is 23.3 Å². The van der Waals surface area contributed by atoms with Gasteiger partial charge in [0, 0.05) is 5.56 Å². The van der Waals surface area contributed by atoms with Crippen LogP contribution in [0.3, 0.4) is 0 Å². The average molecular weight is 458 g/mol. The van der Waals surface area contributed by atoms with Crippen molar-refractivity contribution in [3.63, 3.8) is 0 Å². The summed E-state index contributed by atoms with van der Waals surface area (Å²) in [5.41, 5.74) is 3.62. The molecule has 0 radical (unpaired) electrons. The average Bonchev–Trinajstić information content (AvgIpc) is 3.62. The van der Waals surface area contributed by atoms with Crippen LogP contribution in [0.15, 0.2) is 54.6 Å². The number of epoxide rings is 1. The minimum Gasteiger partial charge on any atom is -0.433 e. The SMILES string of the molecule is CCCc1ccc(-c2ccc(OC(F)(F)CCc3c(C)cc(C4CO4)c(F)c3F)cc2)cc1. The summed E-state index contributed by atoms with van der Waals surface area (Å²) in [6, 6.07) is 16.0. The molecule has 0 spiro atoms. The zero-order valence-electron chi connectivity index (χ0n) is 18.6. The first-order valence-electron chi connectivity index (χ1n) is 11.1. The van der Waals surface area contributed by atoms with Crippen molar-refractivity contribution in [3.05, 3.63) is 88.5 Å². The molecule has 6 heteroatoms. The molecule has 2 nitrogen and oxygen atoms in total. The van der Waals surface area contributed by atoms with Crippen LogP contribution in [0.4, 0.5) is 17.6 Å². The molecule has 1 saturated heterocycles. The smallest absolute Gasteiger partial charge is 0.398 e. The molecule has 1 heterocycles. The van der Waals surface area contributed by atoms with Crippen molar-refractivity contribution in [1.82, 2.24) is 0 Å². The van der Waals surface area contributed by atoms with E-state index in [0.717, 1.165) is 24.0 Å². The third-order valence-corrected chi connectivity index (χ3v) is 5.85. The Hall–Kier alpha value is -2.86. The zero-order chi connectivity index (χ0) is 23.6. The van der Waals surface area contributed by atoms with Crippen molar-refractivity contribution < 1.29 is 27.0 Å². The Labute approximate surface area is 191 Å². The Morgan fingerprint density at radius 1 is 0.939 bits per heavy atom. The van der Waals surface area contributed by atoms with E-state index in [1.54, 1.807) is 19.1 Å². The van der Waals surface area contributed by atoms with Gasteiger partial charge in [0.15, 0.2) is 11.6 Å². The van der Waals surface area contributed by atoms with E-state index < -0.39 is 30.3 Å². The molecule has 3 aromatic carbocycles. The van der Waals surface area contributed by atoms with Gasteiger partial charge in [-0.1, -0.05) is 49.7 Å². The standard InChI is InChI=1S/C27H26F4O2/c1-3-4-18-5-7-19(8-6-18)20-9-11-21(12-10-20)33-27(30,31)14-13-22-17(2)15-23(24-16-32-24)26(29)25(22)28/h5-12,15,24H,3-4,13-14,16H2,1-2H3. The third kappa shape index (κ3) is 5.56. The molecule has 1 aliphatic rings. The molecule has 0 bridgehead atoms. The summed E-state index contributed by atoms with van der Waals surface area (Å²) in [7, 11) is 0. The lowest BCUT2D eigenvalue weighted by atomic mass is 9.98. The number of alkyl halides is 2. The number of benzene rings is 3. The Balaban J connectivity index is 1.40. The Morgan fingerprint density at radius 2 is 1.55 bits per heavy atom. The van der Waals surface area contributed by atoms with Crippen LogP contribution in [0, 0.1) is 18.6 Å². The van der Waals surface area contributed by atoms with E-state index in [4.69, 9.17) is 9.47 Å². The van der Waals surface area contributed by atoms with Gasteiger partial charge < -0.3 is 9.47 Å². The molecule has 33 heavy (non-hydrogen) atoms. The van der Waals surface area contributed by atoms with Crippen molar-refractivity contribution in [2.75, 3.05) is 6.61 Å². The maximum absolute atomic E-state index is 14.5. The van der Waals surface area contributed by atoms with E-state index in [1.165, 1.54) is 23.8 Å². The summed E-state index contributed by atoms with van der Waals surface area (Å²) in [6.07, 6.45) is -3.02. The number of hydrogen-bond acceptors (Lipinski definition) is 2. The lowest BCUT2D eigenvalue weighted by Gasteiger charge is -2.19. The van der Waals surface area contributed by atoms with Gasteiger partial charge in [0.05, 0.1) is 13.0 Å². The fraction of sp³-hybridized carbons (Fsp3) is 0.333. The van der Waals surface area contributed by atoms with Gasteiger partial charge in [-0.05, 0) is 65.8 Å². The predicted octanol–water partition coefficient (Wildman–Crippen LogP) is 7.57. The molecule has 0 amide bonds. The highest BCUT2D eigenvalue weighted by molar-refractivity contribution is 5.64. The van der Waals surface area contributed by atoms with Crippen LogP contribution < -0.4 is 4.74 Å². The summed E-state index contributed by atoms with van der Waals surface area (Å²) in [5, 5.41) is 0. The minimum absolute atomic E-state index is 0.0101. The molecule has 1 unspecified atom stereocenters. The monoisotopic (exact) mass is 458 g/mol. The van der Waals surface area contributed by atoms with Crippen LogP contribution in [0.25, 0.3) is 11.1 Å². The van der Waals surface area contributed by atoms with Gasteiger partial charge in [0.1, 0.15) is 11.9 Å². The highest BCUT2D eigenvalue weighted by atomic mass is 19.3. The van der Waals surface area contributed by atoms with Crippen molar-refractivity contribution in [1.29, 1.82) is 0 Å². The van der Waals surface area contributed by atoms with Gasteiger partial charge in [-0.25, -0.2) is 8.78 Å². The highest BCUT2D eigenvalue weighted by Crippen LogP contribution is 2.36. The molecule has 1 aliphatic heterocycles. The van der Waals surface area contributed by atoms with Crippen molar-refractivity contribution in [3.8, 4) is 16.9 Å². The van der Waals surface area contributed by atoms with E-state index >= 15 is 0 Å². The van der Waals surface area contributed by atoms with Crippen LogP contribution in [0.5, 0.6) is 5.75 Å². The number of ether oxygens (including phenoxy) is 2. The number of aryl methyl sites for hydroxylation is 2. The number of rotatable bonds is 9. The van der Waals surface area contributed by atoms with Crippen molar-refractivity contribution in [2.45, 2.75) is 51.7 Å². The first-order chi connectivity index (χ1) is 15.8. The maximum Gasteiger partial charge on any atom is 0.398 e. The third-order valence-electron chi connectivity index (χ3n) is 5.85. The molecule has 3 aromatic rings. The van der Waals surface area contributed by atoms with Crippen LogP contribution in [-0.4, -0.2) is 12.7 Å². The van der Waals surface area contributed by atoms with Crippen molar-refractivity contribution in [2.24, 2.45) is 0 Å². The maximum atomic E-state index is 14.5. The second-order valence-corrected chi connectivity index (χ2v) is 8.42. The van der Waals surface area contributed by atoms with Crippen LogP contribution >= 0.6 is 0 Å². The van der Waals surface area contributed by atoms with E-state index in [0.29, 0.717) is 12.2 Å². The molecule has 1 fully saturated rings. The van der Waals surface area contributed by atoms with Gasteiger partial charge in [-0.3, -0.25) is 0 Å². The van der Waals surface area contributed by atoms with E-state index in [9.17, 15) is 17.6 Å². The van der Waals surface area contributed by atoms with Gasteiger partial charge in [-0.2, -0.15) is 8.78 Å². The highest BCUT2D eigenvalue weighted by Gasteiger charge is 2.34. The van der Waals surface area contributed by atoms with Crippen LogP contribution in [0.2, 0.25) is 0 Å². The topological polar surface area (TPSA) is 21.8 Å². The molecule has 1 atom stereocenters. The van der Waals surface area contributed by atoms with Gasteiger partial charge in [0.2, 0.25) is 0 Å². The van der Waals surface area contributed by atoms with Gasteiger partial charge in [0.25, 0.3) is 0 Å². The number of hydrogen-bond donors (Lipinski definition) is 0. The molecule has 0 saturated carbocycles. The fourth-order valence-electron chi connectivity index (χ4n) is 3.95. The summed E-state index contributed by atoms with van der Waals surface area (Å²) < 4.78 is 67.5. The summed E-state index contributed by atoms with van der Waals surface area (Å²) in [6.45, 7) is 4.04. The molecule has 0 aromatic heterocycles. The van der Waals surface area contributed by atoms with Crippen LogP contribution in [0.1, 0.15) is 48.1 Å². The summed E-state index contributed by atoms with van der Waals surface area (Å²) >= 11 is 0. The second kappa shape index (κ2) is 9.56. The predicted molar refractivity (Wildman–Crippen MR) is 120 cm³/mol. The Morgan fingerprint density at radius 3 is 2.12 bits per heavy atom. The zero-order valence-corrected chi connectivity index (χ0v) is 18.6. The first-order valence-corrected chi connectivity index (χ1v) is 11.1. The lowest BCUT2D eigenvalue weighted by molar-refractivity contribution is -0.180. The first kappa shape index (κ1) is 23.3.